The van der Waals surface area contributed by atoms with Crippen LogP contribution in [0.2, 0.25) is 0 Å². The molecule has 0 spiro atoms. The minimum Gasteiger partial charge on any atom is -0.431 e. The van der Waals surface area contributed by atoms with Crippen molar-refractivity contribution in [3.8, 4) is 10.9 Å². The molecule has 1 aliphatic carbocycles. The normalized spacial score (nSPS) is 13.5. The van der Waals surface area contributed by atoms with E-state index in [4.69, 9.17) is 4.74 Å². The average Bonchev–Trinajstić information content (AvgIpc) is 3.29. The van der Waals surface area contributed by atoms with Crippen molar-refractivity contribution >= 4 is 27.5 Å². The van der Waals surface area contributed by atoms with Gasteiger partial charge in [-0.25, -0.2) is 4.98 Å². The molecule has 0 unspecified atom stereocenters. The summed E-state index contributed by atoms with van der Waals surface area (Å²) in [6.45, 7) is 0.680. The van der Waals surface area contributed by atoms with Gasteiger partial charge >= 0.3 is 0 Å². The van der Waals surface area contributed by atoms with Crippen molar-refractivity contribution in [2.45, 2.75) is 31.7 Å². The fourth-order valence-corrected chi connectivity index (χ4v) is 4.20. The van der Waals surface area contributed by atoms with Crippen molar-refractivity contribution in [2.75, 3.05) is 6.54 Å². The fourth-order valence-electron chi connectivity index (χ4n) is 3.36. The molecule has 8 nitrogen and oxygen atoms in total. The third-order valence-corrected chi connectivity index (χ3v) is 5.97. The predicted octanol–water partition coefficient (Wildman–Crippen LogP) is 3.38. The highest BCUT2D eigenvalue weighted by molar-refractivity contribution is 7.20. The smallest absolute Gasteiger partial charge is 0.279 e. The Hall–Kier alpha value is -3.33. The first-order valence-corrected chi connectivity index (χ1v) is 10.7. The van der Waals surface area contributed by atoms with Gasteiger partial charge in [-0.15, -0.1) is 10.2 Å². The lowest BCUT2D eigenvalue weighted by Crippen LogP contribution is -2.36. The molecular weight excluding hydrogens is 400 g/mol. The van der Waals surface area contributed by atoms with Gasteiger partial charge in [0.1, 0.15) is 5.75 Å². The summed E-state index contributed by atoms with van der Waals surface area (Å²) in [4.78, 5) is 19.1. The molecule has 2 heterocycles. The van der Waals surface area contributed by atoms with Crippen molar-refractivity contribution in [2.24, 2.45) is 0 Å². The van der Waals surface area contributed by atoms with Crippen LogP contribution in [-0.4, -0.2) is 49.0 Å². The van der Waals surface area contributed by atoms with E-state index in [9.17, 15) is 4.79 Å². The number of tetrazole rings is 1. The first-order chi connectivity index (χ1) is 14.7. The van der Waals surface area contributed by atoms with Crippen LogP contribution >= 0.6 is 11.3 Å². The van der Waals surface area contributed by atoms with Crippen LogP contribution in [0.25, 0.3) is 10.2 Å². The molecule has 2 aromatic carbocycles. The number of hydrogen-bond acceptors (Lipinski definition) is 7. The number of H-pyrrole nitrogens is 1. The molecule has 0 saturated heterocycles. The first kappa shape index (κ1) is 18.7. The van der Waals surface area contributed by atoms with Crippen LogP contribution in [0, 0.1) is 0 Å². The molecule has 1 aliphatic rings. The second-order valence-electron chi connectivity index (χ2n) is 7.27. The van der Waals surface area contributed by atoms with E-state index in [1.54, 1.807) is 0 Å². The zero-order valence-electron chi connectivity index (χ0n) is 16.2. The molecule has 1 fully saturated rings. The molecule has 0 atom stereocenters. The van der Waals surface area contributed by atoms with Crippen LogP contribution in [0.4, 0.5) is 0 Å². The summed E-state index contributed by atoms with van der Waals surface area (Å²) in [5.41, 5.74) is 2.10. The Kier molecular flexibility index (Phi) is 5.10. The van der Waals surface area contributed by atoms with Gasteiger partial charge in [-0.3, -0.25) is 4.79 Å². The number of fused-ring (bicyclic) bond motifs is 1. The van der Waals surface area contributed by atoms with Crippen molar-refractivity contribution in [1.29, 1.82) is 0 Å². The molecule has 4 aromatic rings. The van der Waals surface area contributed by atoms with Gasteiger partial charge in [0.05, 0.1) is 16.6 Å². The Morgan fingerprint density at radius 2 is 2.00 bits per heavy atom. The zero-order chi connectivity index (χ0) is 20.3. The minimum absolute atomic E-state index is 0.0506. The molecular formula is C21H20N6O2S. The van der Waals surface area contributed by atoms with Gasteiger partial charge in [0, 0.05) is 12.6 Å². The number of carbonyl (C=O) groups is 1. The van der Waals surface area contributed by atoms with Crippen LogP contribution in [-0.2, 0) is 17.6 Å². The summed E-state index contributed by atoms with van der Waals surface area (Å²) in [5.74, 6) is 1.24. The molecule has 0 aliphatic heterocycles. The van der Waals surface area contributed by atoms with Gasteiger partial charge in [0.25, 0.3) is 5.19 Å². The Bertz CT molecular complexity index is 1110. The molecule has 2 aromatic heterocycles. The second-order valence-corrected chi connectivity index (χ2v) is 8.26. The standard InChI is InChI=1S/C21H20N6O2S/c28-20(13-19-23-25-26-24-19)27(15-7-8-15)12-11-14-5-9-16(10-6-14)29-21-22-17-3-1-2-4-18(17)30-21/h1-6,9-10,15H,7-8,11-13H2,(H,23,24,25,26). The SMILES string of the molecule is O=C(Cc1nn[nH]n1)N(CCc1ccc(Oc2nc3ccccc3s2)cc1)C1CC1. The second kappa shape index (κ2) is 8.19. The highest BCUT2D eigenvalue weighted by Crippen LogP contribution is 2.31. The summed E-state index contributed by atoms with van der Waals surface area (Å²) < 4.78 is 7.02. The molecule has 1 amide bonds. The van der Waals surface area contributed by atoms with E-state index in [1.807, 2.05) is 53.4 Å². The minimum atomic E-state index is 0.0506. The zero-order valence-corrected chi connectivity index (χ0v) is 17.0. The number of aromatic amines is 1. The van der Waals surface area contributed by atoms with Gasteiger partial charge in [0.15, 0.2) is 5.82 Å². The summed E-state index contributed by atoms with van der Waals surface area (Å²) >= 11 is 1.53. The third-order valence-electron chi connectivity index (χ3n) is 5.05. The van der Waals surface area contributed by atoms with Gasteiger partial charge in [-0.1, -0.05) is 40.8 Å². The lowest BCUT2D eigenvalue weighted by molar-refractivity contribution is -0.131. The Labute approximate surface area is 176 Å². The fraction of sp³-hybridized carbons (Fsp3) is 0.286. The van der Waals surface area contributed by atoms with E-state index in [2.05, 4.69) is 25.6 Å². The number of benzene rings is 2. The van der Waals surface area contributed by atoms with Crippen LogP contribution < -0.4 is 4.74 Å². The molecule has 5 rings (SSSR count). The van der Waals surface area contributed by atoms with Gasteiger partial charge in [-0.05, 0) is 49.1 Å². The summed E-state index contributed by atoms with van der Waals surface area (Å²) in [7, 11) is 0. The number of ether oxygens (including phenoxy) is 1. The number of rotatable bonds is 8. The maximum atomic E-state index is 12.6. The predicted molar refractivity (Wildman–Crippen MR) is 112 cm³/mol. The average molecular weight is 420 g/mol. The monoisotopic (exact) mass is 420 g/mol. The molecule has 0 radical (unpaired) electrons. The van der Waals surface area contributed by atoms with E-state index in [-0.39, 0.29) is 12.3 Å². The highest BCUT2D eigenvalue weighted by Gasteiger charge is 2.32. The van der Waals surface area contributed by atoms with Crippen LogP contribution in [0.3, 0.4) is 0 Å². The number of thiazole rings is 1. The summed E-state index contributed by atoms with van der Waals surface area (Å²) in [5, 5.41) is 14.3. The van der Waals surface area contributed by atoms with E-state index >= 15 is 0 Å². The molecule has 9 heteroatoms. The number of hydrogen-bond donors (Lipinski definition) is 1. The largest absolute Gasteiger partial charge is 0.431 e. The maximum Gasteiger partial charge on any atom is 0.279 e. The summed E-state index contributed by atoms with van der Waals surface area (Å²) in [6, 6.07) is 16.3. The van der Waals surface area contributed by atoms with Crippen LogP contribution in [0.5, 0.6) is 10.9 Å². The first-order valence-electron chi connectivity index (χ1n) is 9.89. The molecule has 1 saturated carbocycles. The van der Waals surface area contributed by atoms with Gasteiger partial charge in [0.2, 0.25) is 5.91 Å². The molecule has 152 valence electrons. The van der Waals surface area contributed by atoms with E-state index in [0.29, 0.717) is 23.6 Å². The summed E-state index contributed by atoms with van der Waals surface area (Å²) in [6.07, 6.45) is 3.09. The van der Waals surface area contributed by atoms with E-state index < -0.39 is 0 Å². The molecule has 1 N–H and O–H groups in total. The topological polar surface area (TPSA) is 96.9 Å². The molecule has 30 heavy (non-hydrogen) atoms. The molecule has 0 bridgehead atoms. The number of amides is 1. The Morgan fingerprint density at radius 1 is 1.17 bits per heavy atom. The van der Waals surface area contributed by atoms with Gasteiger partial charge in [-0.2, -0.15) is 5.21 Å². The Morgan fingerprint density at radius 3 is 2.73 bits per heavy atom. The highest BCUT2D eigenvalue weighted by atomic mass is 32.1. The number of nitrogens with zero attached hydrogens (tertiary/aromatic N) is 5. The van der Waals surface area contributed by atoms with Crippen LogP contribution in [0.15, 0.2) is 48.5 Å². The van der Waals surface area contributed by atoms with Gasteiger partial charge < -0.3 is 9.64 Å². The third kappa shape index (κ3) is 4.30. The quantitative estimate of drug-likeness (QED) is 0.469. The number of nitrogens with one attached hydrogen (secondary N) is 1. The number of aromatic nitrogens is 5. The van der Waals surface area contributed by atoms with Crippen LogP contribution in [0.1, 0.15) is 24.2 Å². The van der Waals surface area contributed by atoms with Crippen molar-refractivity contribution in [3.05, 3.63) is 59.9 Å². The lowest BCUT2D eigenvalue weighted by Gasteiger charge is -2.22. The van der Waals surface area contributed by atoms with Crippen molar-refractivity contribution < 1.29 is 9.53 Å². The maximum absolute atomic E-state index is 12.6. The van der Waals surface area contributed by atoms with Crippen molar-refractivity contribution in [3.63, 3.8) is 0 Å². The lowest BCUT2D eigenvalue weighted by atomic mass is 10.1. The van der Waals surface area contributed by atoms with E-state index in [1.165, 1.54) is 11.3 Å². The van der Waals surface area contributed by atoms with E-state index in [0.717, 1.165) is 40.8 Å². The number of para-hydroxylation sites is 1. The van der Waals surface area contributed by atoms with Crippen molar-refractivity contribution in [1.82, 2.24) is 30.5 Å². The number of carbonyl (C=O) groups excluding carboxylic acids is 1. The Balaban J connectivity index is 1.19.